The van der Waals surface area contributed by atoms with Gasteiger partial charge in [-0.15, -0.1) is 10.2 Å². The first kappa shape index (κ1) is 19.1. The van der Waals surface area contributed by atoms with Crippen molar-refractivity contribution < 1.29 is 14.0 Å². The molecular formula is C20H18FN5O2S. The average molecular weight is 411 g/mol. The van der Waals surface area contributed by atoms with Crippen molar-refractivity contribution in [1.82, 2.24) is 25.0 Å². The number of aromatic nitrogens is 3. The van der Waals surface area contributed by atoms with E-state index < -0.39 is 5.82 Å². The zero-order chi connectivity index (χ0) is 20.2. The van der Waals surface area contributed by atoms with Gasteiger partial charge in [-0.2, -0.15) is 0 Å². The Kier molecular flexibility index (Phi) is 5.57. The molecule has 0 radical (unpaired) electrons. The van der Waals surface area contributed by atoms with Gasteiger partial charge in [-0.25, -0.2) is 9.18 Å². The van der Waals surface area contributed by atoms with Crippen LogP contribution in [0.15, 0.2) is 59.8 Å². The zero-order valence-corrected chi connectivity index (χ0v) is 16.2. The van der Waals surface area contributed by atoms with Crippen LogP contribution in [0.25, 0.3) is 11.4 Å². The van der Waals surface area contributed by atoms with Crippen molar-refractivity contribution in [3.05, 3.63) is 66.0 Å². The molecule has 4 rings (SSSR count). The summed E-state index contributed by atoms with van der Waals surface area (Å²) in [5.41, 5.74) is 1.34. The van der Waals surface area contributed by atoms with E-state index in [9.17, 15) is 14.0 Å². The van der Waals surface area contributed by atoms with Crippen molar-refractivity contribution in [2.24, 2.45) is 0 Å². The quantitative estimate of drug-likeness (QED) is 0.631. The molecular weight excluding hydrogens is 393 g/mol. The van der Waals surface area contributed by atoms with Crippen molar-refractivity contribution in [3.8, 4) is 11.4 Å². The van der Waals surface area contributed by atoms with Crippen LogP contribution in [0.3, 0.4) is 0 Å². The number of hydrogen-bond donors (Lipinski definition) is 1. The van der Waals surface area contributed by atoms with Crippen LogP contribution in [-0.4, -0.2) is 50.4 Å². The van der Waals surface area contributed by atoms with Crippen molar-refractivity contribution in [3.63, 3.8) is 0 Å². The molecule has 0 aliphatic carbocycles. The van der Waals surface area contributed by atoms with Gasteiger partial charge < -0.3 is 5.32 Å². The van der Waals surface area contributed by atoms with Crippen molar-refractivity contribution in [1.29, 1.82) is 0 Å². The smallest absolute Gasteiger partial charge is 0.324 e. The number of halogens is 1. The van der Waals surface area contributed by atoms with E-state index in [-0.39, 0.29) is 17.7 Å². The van der Waals surface area contributed by atoms with E-state index in [1.807, 2.05) is 30.3 Å². The number of hydrogen-bond acceptors (Lipinski definition) is 5. The van der Waals surface area contributed by atoms with E-state index in [1.165, 1.54) is 22.7 Å². The first-order valence-electron chi connectivity index (χ1n) is 9.06. The molecule has 1 aromatic heterocycles. The standard InChI is InChI=1S/C20H18FN5O2S/c21-16-9-5-4-8-15(16)18-23-24-20(26(18)12-14-6-2-1-3-7-14)29-13-17(27)25-11-10-22-19(25)28/h1-9H,10-13H2,(H,22,28). The molecule has 0 unspecified atom stereocenters. The van der Waals surface area contributed by atoms with Crippen LogP contribution in [0.2, 0.25) is 0 Å². The van der Waals surface area contributed by atoms with Crippen LogP contribution in [0.1, 0.15) is 5.56 Å². The molecule has 1 saturated heterocycles. The molecule has 1 aliphatic heterocycles. The first-order chi connectivity index (χ1) is 14.1. The summed E-state index contributed by atoms with van der Waals surface area (Å²) in [6, 6.07) is 15.7. The molecule has 0 atom stereocenters. The van der Waals surface area contributed by atoms with E-state index in [4.69, 9.17) is 0 Å². The lowest BCUT2D eigenvalue weighted by molar-refractivity contribution is -0.124. The highest BCUT2D eigenvalue weighted by Crippen LogP contribution is 2.27. The normalized spacial score (nSPS) is 13.6. The van der Waals surface area contributed by atoms with Crippen LogP contribution < -0.4 is 5.32 Å². The number of nitrogens with one attached hydrogen (secondary N) is 1. The Labute approximate surface area is 170 Å². The number of nitrogens with zero attached hydrogens (tertiary/aromatic N) is 4. The van der Waals surface area contributed by atoms with Gasteiger partial charge in [0, 0.05) is 13.1 Å². The predicted octanol–water partition coefficient (Wildman–Crippen LogP) is 2.78. The summed E-state index contributed by atoms with van der Waals surface area (Å²) in [5, 5.41) is 11.5. The van der Waals surface area contributed by atoms with Crippen molar-refractivity contribution >= 4 is 23.7 Å². The Hall–Kier alpha value is -3.20. The topological polar surface area (TPSA) is 80.1 Å². The van der Waals surface area contributed by atoms with E-state index in [0.29, 0.717) is 36.2 Å². The molecule has 7 nitrogen and oxygen atoms in total. The van der Waals surface area contributed by atoms with Crippen LogP contribution in [0.4, 0.5) is 9.18 Å². The zero-order valence-electron chi connectivity index (χ0n) is 15.4. The maximum absolute atomic E-state index is 14.4. The van der Waals surface area contributed by atoms with E-state index in [2.05, 4.69) is 15.5 Å². The van der Waals surface area contributed by atoms with Crippen LogP contribution in [0, 0.1) is 5.82 Å². The fraction of sp³-hybridized carbons (Fsp3) is 0.200. The van der Waals surface area contributed by atoms with Gasteiger partial charge in [-0.1, -0.05) is 54.2 Å². The minimum absolute atomic E-state index is 0.0393. The summed E-state index contributed by atoms with van der Waals surface area (Å²) >= 11 is 1.18. The second-order valence-electron chi connectivity index (χ2n) is 6.42. The highest BCUT2D eigenvalue weighted by Gasteiger charge is 2.27. The molecule has 3 amide bonds. The number of benzene rings is 2. The van der Waals surface area contributed by atoms with Crippen molar-refractivity contribution in [2.45, 2.75) is 11.7 Å². The summed E-state index contributed by atoms with van der Waals surface area (Å²) in [5.74, 6) is -0.263. The van der Waals surface area contributed by atoms with Crippen LogP contribution >= 0.6 is 11.8 Å². The maximum atomic E-state index is 14.4. The third-order valence-corrected chi connectivity index (χ3v) is 5.45. The van der Waals surface area contributed by atoms with Gasteiger partial charge in [0.05, 0.1) is 17.9 Å². The summed E-state index contributed by atoms with van der Waals surface area (Å²) in [7, 11) is 0. The molecule has 1 aliphatic rings. The second-order valence-corrected chi connectivity index (χ2v) is 7.37. The number of rotatable bonds is 6. The second kappa shape index (κ2) is 8.44. The number of carbonyl (C=O) groups excluding carboxylic acids is 2. The highest BCUT2D eigenvalue weighted by molar-refractivity contribution is 7.99. The number of carbonyl (C=O) groups is 2. The Morgan fingerprint density at radius 3 is 2.59 bits per heavy atom. The number of imide groups is 1. The third kappa shape index (κ3) is 4.14. The Morgan fingerprint density at radius 2 is 1.86 bits per heavy atom. The Balaban J connectivity index is 1.62. The number of amides is 3. The monoisotopic (exact) mass is 411 g/mol. The SMILES string of the molecule is O=C(CSc1nnc(-c2ccccc2F)n1Cc1ccccc1)N1CCNC1=O. The summed E-state index contributed by atoms with van der Waals surface area (Å²) in [4.78, 5) is 25.2. The highest BCUT2D eigenvalue weighted by atomic mass is 32.2. The van der Waals surface area contributed by atoms with Gasteiger partial charge in [0.25, 0.3) is 0 Å². The average Bonchev–Trinajstić information content (AvgIpc) is 3.34. The van der Waals surface area contributed by atoms with Gasteiger partial charge >= 0.3 is 6.03 Å². The molecule has 3 aromatic rings. The Bertz CT molecular complexity index is 1040. The molecule has 148 valence electrons. The minimum atomic E-state index is -0.393. The van der Waals surface area contributed by atoms with Crippen LogP contribution in [-0.2, 0) is 11.3 Å². The van der Waals surface area contributed by atoms with Gasteiger partial charge in [-0.05, 0) is 17.7 Å². The molecule has 29 heavy (non-hydrogen) atoms. The van der Waals surface area contributed by atoms with Crippen molar-refractivity contribution in [2.75, 3.05) is 18.8 Å². The number of urea groups is 1. The van der Waals surface area contributed by atoms with Gasteiger partial charge in [0.2, 0.25) is 5.91 Å². The molecule has 0 saturated carbocycles. The molecule has 1 N–H and O–H groups in total. The summed E-state index contributed by atoms with van der Waals surface area (Å²) < 4.78 is 16.2. The van der Waals surface area contributed by atoms with Gasteiger partial charge in [-0.3, -0.25) is 14.3 Å². The van der Waals surface area contributed by atoms with E-state index in [1.54, 1.807) is 22.8 Å². The largest absolute Gasteiger partial charge is 0.336 e. The molecule has 2 heterocycles. The van der Waals surface area contributed by atoms with Crippen LogP contribution in [0.5, 0.6) is 0 Å². The van der Waals surface area contributed by atoms with Gasteiger partial charge in [0.15, 0.2) is 11.0 Å². The Morgan fingerprint density at radius 1 is 1.10 bits per heavy atom. The third-order valence-electron chi connectivity index (χ3n) is 4.50. The van der Waals surface area contributed by atoms with Gasteiger partial charge in [0.1, 0.15) is 5.82 Å². The molecule has 2 aromatic carbocycles. The fourth-order valence-corrected chi connectivity index (χ4v) is 3.87. The summed E-state index contributed by atoms with van der Waals surface area (Å²) in [6.07, 6.45) is 0. The molecule has 0 spiro atoms. The van der Waals surface area contributed by atoms with E-state index >= 15 is 0 Å². The fourth-order valence-electron chi connectivity index (χ4n) is 3.06. The summed E-state index contributed by atoms with van der Waals surface area (Å²) in [6.45, 7) is 1.24. The lowest BCUT2D eigenvalue weighted by Gasteiger charge is -2.13. The lowest BCUT2D eigenvalue weighted by Crippen LogP contribution is -2.35. The molecule has 1 fully saturated rings. The minimum Gasteiger partial charge on any atom is -0.336 e. The molecule has 0 bridgehead atoms. The predicted molar refractivity (Wildman–Crippen MR) is 107 cm³/mol. The maximum Gasteiger partial charge on any atom is 0.324 e. The molecule has 9 heteroatoms. The van der Waals surface area contributed by atoms with E-state index in [0.717, 1.165) is 5.56 Å². The lowest BCUT2D eigenvalue weighted by atomic mass is 10.2. The number of thioether (sulfide) groups is 1. The first-order valence-corrected chi connectivity index (χ1v) is 10.0.